The van der Waals surface area contributed by atoms with Crippen LogP contribution >= 0.6 is 0 Å². The van der Waals surface area contributed by atoms with Crippen molar-refractivity contribution in [3.63, 3.8) is 0 Å². The predicted molar refractivity (Wildman–Crippen MR) is 116 cm³/mol. The molecule has 0 fully saturated rings. The molecule has 3 N–H and O–H groups in total. The Hall–Kier alpha value is -4.34. The highest BCUT2D eigenvalue weighted by atomic mass is 16.6. The molecule has 1 amide bonds. The summed E-state index contributed by atoms with van der Waals surface area (Å²) in [5.41, 5.74) is 7.91. The van der Waals surface area contributed by atoms with Crippen LogP contribution in [0.4, 0.5) is 17.3 Å². The van der Waals surface area contributed by atoms with Gasteiger partial charge in [0.15, 0.2) is 0 Å². The number of nitrogens with one attached hydrogen (secondary N) is 1. The van der Waals surface area contributed by atoms with E-state index >= 15 is 0 Å². The minimum absolute atomic E-state index is 0.0142. The number of carbonyl (C=O) groups is 1. The molecule has 0 saturated carbocycles. The van der Waals surface area contributed by atoms with E-state index < -0.39 is 10.8 Å². The van der Waals surface area contributed by atoms with Crippen LogP contribution in [-0.2, 0) is 0 Å². The summed E-state index contributed by atoms with van der Waals surface area (Å²) in [4.78, 5) is 35.1. The Balaban J connectivity index is 1.75. The Morgan fingerprint density at radius 2 is 2.03 bits per heavy atom. The van der Waals surface area contributed by atoms with Gasteiger partial charge in [-0.15, -0.1) is 0 Å². The molecule has 156 valence electrons. The maximum atomic E-state index is 11.5. The van der Waals surface area contributed by atoms with Gasteiger partial charge in [-0.3, -0.25) is 19.9 Å². The molecule has 1 aromatic carbocycles. The van der Waals surface area contributed by atoms with E-state index in [9.17, 15) is 14.9 Å². The fourth-order valence-electron chi connectivity index (χ4n) is 3.36. The highest BCUT2D eigenvalue weighted by Crippen LogP contribution is 2.31. The zero-order valence-electron chi connectivity index (χ0n) is 16.8. The van der Waals surface area contributed by atoms with Gasteiger partial charge in [0.2, 0.25) is 11.9 Å². The third-order valence-corrected chi connectivity index (χ3v) is 4.79. The van der Waals surface area contributed by atoms with Gasteiger partial charge in [0.05, 0.1) is 22.3 Å². The SMILES string of the molecule is CC(C)n1cc(-c2ccnc(Nc3cc(C(N)=O)cc([N+](=O)[O-])c3)n2)c2ccncc21. The molecule has 0 aliphatic heterocycles. The van der Waals surface area contributed by atoms with Crippen LogP contribution < -0.4 is 11.1 Å². The number of carbonyl (C=O) groups excluding carboxylic acids is 1. The first-order valence-electron chi connectivity index (χ1n) is 9.48. The van der Waals surface area contributed by atoms with E-state index in [1.54, 1.807) is 18.5 Å². The molecule has 0 spiro atoms. The summed E-state index contributed by atoms with van der Waals surface area (Å²) in [5.74, 6) is -0.538. The fraction of sp³-hybridized carbons (Fsp3) is 0.143. The molecule has 0 unspecified atom stereocenters. The first-order valence-corrected chi connectivity index (χ1v) is 9.48. The third kappa shape index (κ3) is 3.90. The number of non-ortho nitro benzene ring substituents is 1. The zero-order valence-corrected chi connectivity index (χ0v) is 16.8. The van der Waals surface area contributed by atoms with E-state index in [2.05, 4.69) is 38.7 Å². The smallest absolute Gasteiger partial charge is 0.272 e. The Morgan fingerprint density at radius 3 is 2.74 bits per heavy atom. The van der Waals surface area contributed by atoms with Crippen LogP contribution in [0, 0.1) is 10.1 Å². The monoisotopic (exact) mass is 417 g/mol. The molecule has 0 aliphatic rings. The number of nitrogens with zero attached hydrogens (tertiary/aromatic N) is 5. The van der Waals surface area contributed by atoms with E-state index in [0.717, 1.165) is 22.5 Å². The van der Waals surface area contributed by atoms with Crippen molar-refractivity contribution in [3.8, 4) is 11.3 Å². The van der Waals surface area contributed by atoms with Gasteiger partial charge in [-0.2, -0.15) is 0 Å². The van der Waals surface area contributed by atoms with E-state index in [1.807, 2.05) is 18.5 Å². The van der Waals surface area contributed by atoms with Crippen LogP contribution in [0.5, 0.6) is 0 Å². The summed E-state index contributed by atoms with van der Waals surface area (Å²) >= 11 is 0. The van der Waals surface area contributed by atoms with E-state index in [0.29, 0.717) is 5.69 Å². The standard InChI is InChI=1S/C21H19N7O3/c1-12(2)27-11-17(16-3-5-23-10-19(16)27)18-4-6-24-21(26-18)25-14-7-13(20(22)29)8-15(9-14)28(30)31/h3-12H,1-2H3,(H2,22,29)(H,24,25,26). The summed E-state index contributed by atoms with van der Waals surface area (Å²) in [5, 5.41) is 15.1. The highest BCUT2D eigenvalue weighted by Gasteiger charge is 2.16. The van der Waals surface area contributed by atoms with Gasteiger partial charge in [0.25, 0.3) is 5.69 Å². The van der Waals surface area contributed by atoms with Gasteiger partial charge < -0.3 is 15.6 Å². The molecule has 10 nitrogen and oxygen atoms in total. The Kier molecular flexibility index (Phi) is 5.04. The van der Waals surface area contributed by atoms with Gasteiger partial charge in [-0.1, -0.05) is 0 Å². The molecular weight excluding hydrogens is 398 g/mol. The largest absolute Gasteiger partial charge is 0.366 e. The first kappa shape index (κ1) is 20.0. The van der Waals surface area contributed by atoms with E-state index in [-0.39, 0.29) is 28.9 Å². The number of fused-ring (bicyclic) bond motifs is 1. The van der Waals surface area contributed by atoms with Gasteiger partial charge in [-0.05, 0) is 32.0 Å². The maximum Gasteiger partial charge on any atom is 0.272 e. The van der Waals surface area contributed by atoms with Crippen LogP contribution in [0.25, 0.3) is 22.2 Å². The summed E-state index contributed by atoms with van der Waals surface area (Å²) in [6.45, 7) is 4.17. The number of nitro benzene ring substituents is 1. The lowest BCUT2D eigenvalue weighted by Crippen LogP contribution is -2.12. The Labute approximate surface area is 176 Å². The van der Waals surface area contributed by atoms with E-state index in [4.69, 9.17) is 5.73 Å². The summed E-state index contributed by atoms with van der Waals surface area (Å²) < 4.78 is 2.12. The average molecular weight is 417 g/mol. The lowest BCUT2D eigenvalue weighted by atomic mass is 10.1. The fourth-order valence-corrected chi connectivity index (χ4v) is 3.36. The van der Waals surface area contributed by atoms with Crippen molar-refractivity contribution in [3.05, 3.63) is 70.8 Å². The van der Waals surface area contributed by atoms with Gasteiger partial charge in [-0.25, -0.2) is 9.97 Å². The molecule has 31 heavy (non-hydrogen) atoms. The zero-order chi connectivity index (χ0) is 22.1. The lowest BCUT2D eigenvalue weighted by molar-refractivity contribution is -0.384. The maximum absolute atomic E-state index is 11.5. The van der Waals surface area contributed by atoms with Crippen molar-refractivity contribution in [2.45, 2.75) is 19.9 Å². The molecule has 0 radical (unpaired) electrons. The second-order valence-corrected chi connectivity index (χ2v) is 7.22. The lowest BCUT2D eigenvalue weighted by Gasteiger charge is -2.08. The molecule has 3 heterocycles. The average Bonchev–Trinajstić information content (AvgIpc) is 3.14. The number of primary amides is 1. The summed E-state index contributed by atoms with van der Waals surface area (Å²) in [6.07, 6.45) is 7.15. The number of nitrogens with two attached hydrogens (primary N) is 1. The number of anilines is 2. The molecule has 3 aromatic heterocycles. The van der Waals surface area contributed by atoms with Crippen LogP contribution in [0.1, 0.15) is 30.2 Å². The molecular formula is C21H19N7O3. The number of aromatic nitrogens is 4. The Morgan fingerprint density at radius 1 is 1.23 bits per heavy atom. The molecule has 0 atom stereocenters. The van der Waals surface area contributed by atoms with Crippen LogP contribution in [0.3, 0.4) is 0 Å². The van der Waals surface area contributed by atoms with Crippen molar-refractivity contribution in [1.29, 1.82) is 0 Å². The summed E-state index contributed by atoms with van der Waals surface area (Å²) in [6, 6.07) is 7.78. The molecule has 4 aromatic rings. The third-order valence-electron chi connectivity index (χ3n) is 4.79. The van der Waals surface area contributed by atoms with Gasteiger partial charge >= 0.3 is 0 Å². The van der Waals surface area contributed by atoms with E-state index in [1.165, 1.54) is 12.1 Å². The predicted octanol–water partition coefficient (Wildman–Crippen LogP) is 3.82. The Bertz CT molecular complexity index is 1280. The van der Waals surface area contributed by atoms with Crippen molar-refractivity contribution in [2.75, 3.05) is 5.32 Å². The normalized spacial score (nSPS) is 11.1. The second-order valence-electron chi connectivity index (χ2n) is 7.22. The number of benzene rings is 1. The molecule has 4 rings (SSSR count). The minimum Gasteiger partial charge on any atom is -0.366 e. The first-order chi connectivity index (χ1) is 14.8. The van der Waals surface area contributed by atoms with Crippen molar-refractivity contribution in [2.24, 2.45) is 5.73 Å². The number of hydrogen-bond acceptors (Lipinski definition) is 7. The van der Waals surface area contributed by atoms with Crippen molar-refractivity contribution < 1.29 is 9.72 Å². The minimum atomic E-state index is -0.767. The van der Waals surface area contributed by atoms with Crippen molar-refractivity contribution >= 4 is 34.1 Å². The van der Waals surface area contributed by atoms with Crippen LogP contribution in [0.15, 0.2) is 55.1 Å². The number of amides is 1. The topological polar surface area (TPSA) is 142 Å². The molecule has 10 heteroatoms. The highest BCUT2D eigenvalue weighted by molar-refractivity contribution is 5.95. The number of hydrogen-bond donors (Lipinski definition) is 2. The van der Waals surface area contributed by atoms with Gasteiger partial charge in [0, 0.05) is 59.0 Å². The molecule has 0 aliphatic carbocycles. The number of pyridine rings is 1. The quantitative estimate of drug-likeness (QED) is 0.359. The second kappa shape index (κ2) is 7.82. The van der Waals surface area contributed by atoms with Crippen LogP contribution in [-0.4, -0.2) is 30.3 Å². The molecule has 0 bridgehead atoms. The number of nitro groups is 1. The molecule has 0 saturated heterocycles. The van der Waals surface area contributed by atoms with Crippen molar-refractivity contribution in [1.82, 2.24) is 19.5 Å². The number of rotatable bonds is 6. The van der Waals surface area contributed by atoms with Crippen LogP contribution in [0.2, 0.25) is 0 Å². The van der Waals surface area contributed by atoms with Gasteiger partial charge in [0.1, 0.15) is 0 Å². The summed E-state index contributed by atoms with van der Waals surface area (Å²) in [7, 11) is 0.